The van der Waals surface area contributed by atoms with Crippen LogP contribution in [-0.2, 0) is 4.79 Å². The molecule has 4 heteroatoms. The molecule has 0 aliphatic heterocycles. The lowest BCUT2D eigenvalue weighted by atomic mass is 9.95. The molecule has 1 rings (SSSR count). The highest BCUT2D eigenvalue weighted by Gasteiger charge is 2.22. The van der Waals surface area contributed by atoms with Crippen molar-refractivity contribution < 1.29 is 4.79 Å². The Morgan fingerprint density at radius 2 is 2.24 bits per heavy atom. The molecule has 0 saturated heterocycles. The van der Waals surface area contributed by atoms with Crippen LogP contribution in [0.3, 0.4) is 0 Å². The molecule has 0 heterocycles. The molecule has 0 aromatic heterocycles. The van der Waals surface area contributed by atoms with Gasteiger partial charge in [0.1, 0.15) is 0 Å². The minimum absolute atomic E-state index is 0.199. The molecule has 1 fully saturated rings. The molecule has 0 spiro atoms. The summed E-state index contributed by atoms with van der Waals surface area (Å²) in [5.41, 5.74) is 0. The van der Waals surface area contributed by atoms with E-state index in [1.54, 1.807) is 0 Å². The summed E-state index contributed by atoms with van der Waals surface area (Å²) in [5.74, 6) is 0.199. The van der Waals surface area contributed by atoms with Crippen molar-refractivity contribution in [1.82, 2.24) is 10.6 Å². The van der Waals surface area contributed by atoms with Crippen LogP contribution in [0.5, 0.6) is 0 Å². The third kappa shape index (κ3) is 5.77. The Morgan fingerprint density at radius 3 is 2.88 bits per heavy atom. The Bertz CT molecular complexity index is 235. The molecule has 1 aliphatic rings. The Morgan fingerprint density at radius 1 is 1.47 bits per heavy atom. The standard InChI is InChI=1S/C13H26N2OS/c1-4-14-10(2)8-13(16)15-11-6-5-7-12(9-11)17-3/h10-12,14H,4-9H2,1-3H3,(H,15,16). The predicted octanol–water partition coefficient (Wildman–Crippen LogP) is 2.16. The van der Waals surface area contributed by atoms with E-state index in [4.69, 9.17) is 0 Å². The second-order valence-corrected chi connectivity index (χ2v) is 6.09. The first-order valence-corrected chi connectivity index (χ1v) is 8.00. The third-order valence-electron chi connectivity index (χ3n) is 3.37. The quantitative estimate of drug-likeness (QED) is 0.767. The normalized spacial score (nSPS) is 26.5. The Hall–Kier alpha value is -0.220. The topological polar surface area (TPSA) is 41.1 Å². The number of carbonyl (C=O) groups is 1. The van der Waals surface area contributed by atoms with Gasteiger partial charge >= 0.3 is 0 Å². The number of hydrogen-bond acceptors (Lipinski definition) is 3. The molecule has 0 bridgehead atoms. The van der Waals surface area contributed by atoms with Gasteiger partial charge in [-0.25, -0.2) is 0 Å². The van der Waals surface area contributed by atoms with Crippen LogP contribution in [0.1, 0.15) is 46.0 Å². The fourth-order valence-corrected chi connectivity index (χ4v) is 3.30. The van der Waals surface area contributed by atoms with Gasteiger partial charge in [-0.1, -0.05) is 13.3 Å². The fourth-order valence-electron chi connectivity index (χ4n) is 2.48. The zero-order chi connectivity index (χ0) is 12.7. The highest BCUT2D eigenvalue weighted by atomic mass is 32.2. The Labute approximate surface area is 109 Å². The van der Waals surface area contributed by atoms with Crippen molar-refractivity contribution in [2.24, 2.45) is 0 Å². The van der Waals surface area contributed by atoms with Crippen molar-refractivity contribution in [3.05, 3.63) is 0 Å². The number of nitrogens with one attached hydrogen (secondary N) is 2. The second kappa shape index (κ2) is 7.98. The number of carbonyl (C=O) groups excluding carboxylic acids is 1. The van der Waals surface area contributed by atoms with E-state index in [-0.39, 0.29) is 11.9 Å². The highest BCUT2D eigenvalue weighted by Crippen LogP contribution is 2.26. The van der Waals surface area contributed by atoms with Crippen LogP contribution in [0.4, 0.5) is 0 Å². The van der Waals surface area contributed by atoms with Crippen molar-refractivity contribution in [2.75, 3.05) is 12.8 Å². The van der Waals surface area contributed by atoms with Crippen molar-refractivity contribution in [3.63, 3.8) is 0 Å². The lowest BCUT2D eigenvalue weighted by molar-refractivity contribution is -0.122. The summed E-state index contributed by atoms with van der Waals surface area (Å²) < 4.78 is 0. The number of amides is 1. The van der Waals surface area contributed by atoms with E-state index < -0.39 is 0 Å². The first-order valence-electron chi connectivity index (χ1n) is 6.71. The average Bonchev–Trinajstić information content (AvgIpc) is 2.29. The van der Waals surface area contributed by atoms with E-state index in [9.17, 15) is 4.79 Å². The number of rotatable bonds is 6. The van der Waals surface area contributed by atoms with Crippen LogP contribution in [0.2, 0.25) is 0 Å². The fraction of sp³-hybridized carbons (Fsp3) is 0.923. The molecular formula is C13H26N2OS. The van der Waals surface area contributed by atoms with E-state index in [0.717, 1.165) is 24.6 Å². The van der Waals surface area contributed by atoms with Gasteiger partial charge in [0.05, 0.1) is 0 Å². The van der Waals surface area contributed by atoms with Gasteiger partial charge in [0.15, 0.2) is 0 Å². The van der Waals surface area contributed by atoms with Gasteiger partial charge in [-0.3, -0.25) is 4.79 Å². The van der Waals surface area contributed by atoms with E-state index in [2.05, 4.69) is 30.7 Å². The maximum absolute atomic E-state index is 11.8. The monoisotopic (exact) mass is 258 g/mol. The van der Waals surface area contributed by atoms with Gasteiger partial charge in [-0.2, -0.15) is 11.8 Å². The van der Waals surface area contributed by atoms with Gasteiger partial charge in [0, 0.05) is 23.8 Å². The van der Waals surface area contributed by atoms with Gasteiger partial charge in [-0.15, -0.1) is 0 Å². The maximum atomic E-state index is 11.8. The summed E-state index contributed by atoms with van der Waals surface area (Å²) in [6.45, 7) is 5.06. The summed E-state index contributed by atoms with van der Waals surface area (Å²) in [5, 5.41) is 7.19. The molecular weight excluding hydrogens is 232 g/mol. The molecule has 0 radical (unpaired) electrons. The van der Waals surface area contributed by atoms with E-state index in [0.29, 0.717) is 12.5 Å². The Balaban J connectivity index is 2.25. The van der Waals surface area contributed by atoms with E-state index in [1.165, 1.54) is 12.8 Å². The first-order chi connectivity index (χ1) is 8.15. The number of thioether (sulfide) groups is 1. The summed E-state index contributed by atoms with van der Waals surface area (Å²) >= 11 is 1.93. The molecule has 0 aromatic rings. The second-order valence-electron chi connectivity index (χ2n) is 4.95. The van der Waals surface area contributed by atoms with Crippen LogP contribution in [0.15, 0.2) is 0 Å². The zero-order valence-corrected chi connectivity index (χ0v) is 12.1. The zero-order valence-electron chi connectivity index (χ0n) is 11.3. The van der Waals surface area contributed by atoms with Gasteiger partial charge in [-0.05, 0) is 39.0 Å². The van der Waals surface area contributed by atoms with Crippen molar-refractivity contribution in [3.8, 4) is 0 Å². The SMILES string of the molecule is CCNC(C)CC(=O)NC1CCCC(SC)C1. The number of hydrogen-bond donors (Lipinski definition) is 2. The maximum Gasteiger partial charge on any atom is 0.221 e. The third-order valence-corrected chi connectivity index (χ3v) is 4.46. The summed E-state index contributed by atoms with van der Waals surface area (Å²) in [6.07, 6.45) is 7.61. The first kappa shape index (κ1) is 14.8. The van der Waals surface area contributed by atoms with Crippen molar-refractivity contribution in [2.45, 2.75) is 63.3 Å². The largest absolute Gasteiger partial charge is 0.353 e. The molecule has 1 amide bonds. The van der Waals surface area contributed by atoms with Gasteiger partial charge in [0.2, 0.25) is 5.91 Å². The molecule has 100 valence electrons. The molecule has 3 atom stereocenters. The minimum Gasteiger partial charge on any atom is -0.353 e. The smallest absolute Gasteiger partial charge is 0.221 e. The van der Waals surface area contributed by atoms with E-state index >= 15 is 0 Å². The summed E-state index contributed by atoms with van der Waals surface area (Å²) in [6, 6.07) is 0.683. The molecule has 3 nitrogen and oxygen atoms in total. The summed E-state index contributed by atoms with van der Waals surface area (Å²) in [4.78, 5) is 11.8. The molecule has 0 aromatic carbocycles. The molecule has 17 heavy (non-hydrogen) atoms. The minimum atomic E-state index is 0.199. The van der Waals surface area contributed by atoms with Crippen LogP contribution in [-0.4, -0.2) is 36.0 Å². The van der Waals surface area contributed by atoms with Gasteiger partial charge in [0.25, 0.3) is 0 Å². The molecule has 2 N–H and O–H groups in total. The van der Waals surface area contributed by atoms with Crippen LogP contribution in [0, 0.1) is 0 Å². The Kier molecular flexibility index (Phi) is 6.97. The van der Waals surface area contributed by atoms with E-state index in [1.807, 2.05) is 11.8 Å². The lowest BCUT2D eigenvalue weighted by Gasteiger charge is -2.29. The predicted molar refractivity (Wildman–Crippen MR) is 75.5 cm³/mol. The summed E-state index contributed by atoms with van der Waals surface area (Å²) in [7, 11) is 0. The lowest BCUT2D eigenvalue weighted by Crippen LogP contribution is -2.41. The highest BCUT2D eigenvalue weighted by molar-refractivity contribution is 7.99. The van der Waals surface area contributed by atoms with Crippen LogP contribution >= 0.6 is 11.8 Å². The van der Waals surface area contributed by atoms with Crippen molar-refractivity contribution >= 4 is 17.7 Å². The molecule has 1 saturated carbocycles. The molecule has 3 unspecified atom stereocenters. The van der Waals surface area contributed by atoms with Gasteiger partial charge < -0.3 is 10.6 Å². The van der Waals surface area contributed by atoms with Crippen LogP contribution < -0.4 is 10.6 Å². The molecule has 1 aliphatic carbocycles. The van der Waals surface area contributed by atoms with Crippen LogP contribution in [0.25, 0.3) is 0 Å². The van der Waals surface area contributed by atoms with Crippen molar-refractivity contribution in [1.29, 1.82) is 0 Å². The average molecular weight is 258 g/mol.